The highest BCUT2D eigenvalue weighted by atomic mass is 16.5. The van der Waals surface area contributed by atoms with Crippen molar-refractivity contribution in [2.45, 2.75) is 13.8 Å². The number of amides is 3. The van der Waals surface area contributed by atoms with Crippen LogP contribution in [-0.2, 0) is 0 Å². The number of benzene rings is 3. The van der Waals surface area contributed by atoms with Crippen molar-refractivity contribution in [3.63, 3.8) is 0 Å². The monoisotopic (exact) mass is 428 g/mol. The summed E-state index contributed by atoms with van der Waals surface area (Å²) in [4.78, 5) is 41.8. The number of fused-ring (bicyclic) bond motifs is 1. The summed E-state index contributed by atoms with van der Waals surface area (Å²) in [7, 11) is 1.55. The van der Waals surface area contributed by atoms with E-state index in [-0.39, 0.29) is 30.8 Å². The Labute approximate surface area is 187 Å². The number of nitrogens with zero attached hydrogens (tertiary/aromatic N) is 2. The van der Waals surface area contributed by atoms with E-state index in [1.807, 2.05) is 44.2 Å². The summed E-state index contributed by atoms with van der Waals surface area (Å²) in [6.07, 6.45) is 0. The number of ether oxygens (including phenoxy) is 1. The van der Waals surface area contributed by atoms with E-state index in [0.29, 0.717) is 28.1 Å². The molecule has 0 saturated carbocycles. The predicted octanol–water partition coefficient (Wildman–Crippen LogP) is 4.26. The van der Waals surface area contributed by atoms with Crippen molar-refractivity contribution in [3.05, 3.63) is 94.5 Å². The summed E-state index contributed by atoms with van der Waals surface area (Å²) in [5.41, 5.74) is 3.92. The molecular weight excluding hydrogens is 404 g/mol. The molecule has 0 N–H and O–H groups in total. The summed E-state index contributed by atoms with van der Waals surface area (Å²) in [5, 5.41) is 0. The van der Waals surface area contributed by atoms with Gasteiger partial charge in [0, 0.05) is 18.7 Å². The third-order valence-electron chi connectivity index (χ3n) is 5.60. The lowest BCUT2D eigenvalue weighted by atomic mass is 10.1. The normalized spacial score (nSPS) is 12.7. The number of imide groups is 1. The number of methoxy groups -OCH3 is 1. The molecule has 3 aromatic carbocycles. The molecule has 6 nitrogen and oxygen atoms in total. The Morgan fingerprint density at radius 3 is 2.06 bits per heavy atom. The first kappa shape index (κ1) is 21.3. The molecule has 6 heteroatoms. The number of hydrogen-bond acceptors (Lipinski definition) is 4. The third-order valence-corrected chi connectivity index (χ3v) is 5.60. The Hall–Kier alpha value is -3.93. The van der Waals surface area contributed by atoms with Crippen molar-refractivity contribution >= 4 is 23.4 Å². The van der Waals surface area contributed by atoms with Gasteiger partial charge in [0.1, 0.15) is 5.75 Å². The van der Waals surface area contributed by atoms with E-state index in [1.54, 1.807) is 48.4 Å². The zero-order valence-electron chi connectivity index (χ0n) is 18.3. The molecule has 0 spiro atoms. The molecular formula is C26H24N2O4. The first-order chi connectivity index (χ1) is 15.4. The minimum atomic E-state index is -0.343. The first-order valence-electron chi connectivity index (χ1n) is 10.4. The molecule has 1 heterocycles. The number of anilines is 1. The maximum Gasteiger partial charge on any atom is 0.261 e. The smallest absolute Gasteiger partial charge is 0.261 e. The third kappa shape index (κ3) is 3.87. The summed E-state index contributed by atoms with van der Waals surface area (Å²) in [5.74, 6) is -0.370. The van der Waals surface area contributed by atoms with Crippen molar-refractivity contribution in [1.29, 1.82) is 0 Å². The van der Waals surface area contributed by atoms with Crippen LogP contribution in [0.4, 0.5) is 5.69 Å². The van der Waals surface area contributed by atoms with Crippen LogP contribution in [0.2, 0.25) is 0 Å². The quantitative estimate of drug-likeness (QED) is 0.551. The molecule has 3 amide bonds. The summed E-state index contributed by atoms with van der Waals surface area (Å²) in [6.45, 7) is 4.10. The highest BCUT2D eigenvalue weighted by Crippen LogP contribution is 2.31. The Balaban J connectivity index is 1.66. The van der Waals surface area contributed by atoms with Gasteiger partial charge in [-0.25, -0.2) is 0 Å². The van der Waals surface area contributed by atoms with Crippen LogP contribution in [0.5, 0.6) is 5.75 Å². The number of rotatable bonds is 6. The largest absolute Gasteiger partial charge is 0.495 e. The summed E-state index contributed by atoms with van der Waals surface area (Å²) >= 11 is 0. The van der Waals surface area contributed by atoms with Gasteiger partial charge in [-0.05, 0) is 55.8 Å². The summed E-state index contributed by atoms with van der Waals surface area (Å²) in [6, 6.07) is 19.6. The Morgan fingerprint density at radius 2 is 1.47 bits per heavy atom. The Bertz CT molecular complexity index is 1170. The molecule has 1 aliphatic heterocycles. The van der Waals surface area contributed by atoms with Gasteiger partial charge >= 0.3 is 0 Å². The van der Waals surface area contributed by atoms with Crippen LogP contribution in [0.25, 0.3) is 0 Å². The van der Waals surface area contributed by atoms with Gasteiger partial charge in [0.2, 0.25) is 0 Å². The average molecular weight is 428 g/mol. The molecule has 0 atom stereocenters. The lowest BCUT2D eigenvalue weighted by Gasteiger charge is -2.27. The van der Waals surface area contributed by atoms with E-state index in [0.717, 1.165) is 11.1 Å². The van der Waals surface area contributed by atoms with Crippen LogP contribution in [-0.4, -0.2) is 42.8 Å². The number of carbonyl (C=O) groups excluding carboxylic acids is 3. The second kappa shape index (κ2) is 8.67. The second-order valence-corrected chi connectivity index (χ2v) is 7.81. The van der Waals surface area contributed by atoms with E-state index in [1.165, 1.54) is 4.90 Å². The minimum Gasteiger partial charge on any atom is -0.495 e. The van der Waals surface area contributed by atoms with Gasteiger partial charge in [0.15, 0.2) is 0 Å². The summed E-state index contributed by atoms with van der Waals surface area (Å²) < 4.78 is 5.54. The number of hydrogen-bond donors (Lipinski definition) is 0. The van der Waals surface area contributed by atoms with Gasteiger partial charge in [-0.1, -0.05) is 35.9 Å². The van der Waals surface area contributed by atoms with Gasteiger partial charge in [0.25, 0.3) is 17.7 Å². The van der Waals surface area contributed by atoms with Gasteiger partial charge in [-0.15, -0.1) is 0 Å². The van der Waals surface area contributed by atoms with Crippen molar-refractivity contribution < 1.29 is 19.1 Å². The fourth-order valence-electron chi connectivity index (χ4n) is 3.83. The highest BCUT2D eigenvalue weighted by molar-refractivity contribution is 6.21. The van der Waals surface area contributed by atoms with Crippen molar-refractivity contribution in [2.24, 2.45) is 0 Å². The zero-order valence-corrected chi connectivity index (χ0v) is 18.3. The molecule has 0 bridgehead atoms. The zero-order chi connectivity index (χ0) is 22.8. The topological polar surface area (TPSA) is 66.9 Å². The van der Waals surface area contributed by atoms with E-state index in [2.05, 4.69) is 0 Å². The van der Waals surface area contributed by atoms with E-state index < -0.39 is 0 Å². The predicted molar refractivity (Wildman–Crippen MR) is 122 cm³/mol. The molecule has 0 saturated heterocycles. The van der Waals surface area contributed by atoms with Crippen LogP contribution in [0.15, 0.2) is 66.7 Å². The molecule has 0 aliphatic carbocycles. The molecule has 1 aliphatic rings. The number of carbonyl (C=O) groups is 3. The molecule has 162 valence electrons. The first-order valence-corrected chi connectivity index (χ1v) is 10.4. The SMILES string of the molecule is COc1cc(C)ccc1N(CCN1C(=O)c2ccccc2C1=O)C(=O)c1ccc(C)cc1. The average Bonchev–Trinajstić information content (AvgIpc) is 3.05. The van der Waals surface area contributed by atoms with Crippen molar-refractivity contribution in [3.8, 4) is 5.75 Å². The van der Waals surface area contributed by atoms with Gasteiger partial charge in [-0.3, -0.25) is 19.3 Å². The van der Waals surface area contributed by atoms with Gasteiger partial charge in [0.05, 0.1) is 23.9 Å². The van der Waals surface area contributed by atoms with Crippen LogP contribution in [0, 0.1) is 13.8 Å². The Kier molecular flexibility index (Phi) is 5.77. The molecule has 32 heavy (non-hydrogen) atoms. The van der Waals surface area contributed by atoms with E-state index in [4.69, 9.17) is 4.74 Å². The maximum atomic E-state index is 13.5. The highest BCUT2D eigenvalue weighted by Gasteiger charge is 2.35. The Morgan fingerprint density at radius 1 is 0.875 bits per heavy atom. The molecule has 0 fully saturated rings. The molecule has 3 aromatic rings. The fourth-order valence-corrected chi connectivity index (χ4v) is 3.83. The van der Waals surface area contributed by atoms with Crippen LogP contribution in [0.1, 0.15) is 42.2 Å². The van der Waals surface area contributed by atoms with Crippen molar-refractivity contribution in [1.82, 2.24) is 4.90 Å². The fraction of sp³-hybridized carbons (Fsp3) is 0.192. The molecule has 0 unspecified atom stereocenters. The second-order valence-electron chi connectivity index (χ2n) is 7.81. The lowest BCUT2D eigenvalue weighted by molar-refractivity contribution is 0.0654. The van der Waals surface area contributed by atoms with Crippen LogP contribution in [0.3, 0.4) is 0 Å². The van der Waals surface area contributed by atoms with E-state index >= 15 is 0 Å². The minimum absolute atomic E-state index is 0.0704. The van der Waals surface area contributed by atoms with Crippen LogP contribution >= 0.6 is 0 Å². The van der Waals surface area contributed by atoms with Crippen molar-refractivity contribution in [2.75, 3.05) is 25.1 Å². The lowest BCUT2D eigenvalue weighted by Crippen LogP contribution is -2.41. The molecule has 0 radical (unpaired) electrons. The van der Waals surface area contributed by atoms with Gasteiger partial charge < -0.3 is 9.64 Å². The maximum absolute atomic E-state index is 13.5. The number of aryl methyl sites for hydroxylation is 2. The van der Waals surface area contributed by atoms with Gasteiger partial charge in [-0.2, -0.15) is 0 Å². The molecule has 4 rings (SSSR count). The standard InChI is InChI=1S/C26H24N2O4/c1-17-8-11-19(12-9-17)24(29)27(22-13-10-18(2)16-23(22)32-3)14-15-28-25(30)20-6-4-5-7-21(20)26(28)31/h4-13,16H,14-15H2,1-3H3. The van der Waals surface area contributed by atoms with Crippen LogP contribution < -0.4 is 9.64 Å². The van der Waals surface area contributed by atoms with E-state index in [9.17, 15) is 14.4 Å². The molecule has 0 aromatic heterocycles.